The number of hydrogen-bond acceptors (Lipinski definition) is 3. The lowest BCUT2D eigenvalue weighted by Crippen LogP contribution is -2.15. The van der Waals surface area contributed by atoms with Gasteiger partial charge >= 0.3 is 0 Å². The van der Waals surface area contributed by atoms with E-state index in [0.717, 1.165) is 16.6 Å². The van der Waals surface area contributed by atoms with Crippen molar-refractivity contribution in [2.24, 2.45) is 0 Å². The van der Waals surface area contributed by atoms with Crippen molar-refractivity contribution in [3.63, 3.8) is 0 Å². The van der Waals surface area contributed by atoms with E-state index in [9.17, 15) is 13.6 Å². The molecular weight excluding hydrogens is 275 g/mol. The molecule has 0 aliphatic carbocycles. The molecule has 1 heterocycles. The Bertz CT molecular complexity index is 487. The van der Waals surface area contributed by atoms with Crippen LogP contribution in [0.4, 0.5) is 8.78 Å². The maximum absolute atomic E-state index is 13.0. The Balaban J connectivity index is 2.52. The number of allylic oxidation sites excluding steroid dienone is 1. The van der Waals surface area contributed by atoms with E-state index in [1.54, 1.807) is 0 Å². The standard InChI is InChI=1S/C10H5Cl2F2NO2/c11-10-15(12)8(4-16)9(17-10)5-1-6(13)3-7(14)2-5/h1-4,10H. The molecule has 1 unspecified atom stereocenters. The molecule has 2 rings (SSSR count). The van der Waals surface area contributed by atoms with Gasteiger partial charge in [0.1, 0.15) is 17.3 Å². The molecule has 0 fully saturated rings. The van der Waals surface area contributed by atoms with Gasteiger partial charge in [-0.1, -0.05) is 11.6 Å². The molecule has 0 bridgehead atoms. The highest BCUT2D eigenvalue weighted by atomic mass is 35.5. The summed E-state index contributed by atoms with van der Waals surface area (Å²) < 4.78 is 31.9. The number of hydrogen-bond donors (Lipinski definition) is 0. The van der Waals surface area contributed by atoms with Crippen LogP contribution in [0.2, 0.25) is 0 Å². The average molecular weight is 280 g/mol. The Morgan fingerprint density at radius 3 is 2.41 bits per heavy atom. The van der Waals surface area contributed by atoms with Crippen molar-refractivity contribution in [3.05, 3.63) is 41.1 Å². The van der Waals surface area contributed by atoms with Gasteiger partial charge in [-0.2, -0.15) is 0 Å². The quantitative estimate of drug-likeness (QED) is 0.361. The van der Waals surface area contributed by atoms with Gasteiger partial charge in [0.25, 0.3) is 5.69 Å². The summed E-state index contributed by atoms with van der Waals surface area (Å²) >= 11 is 11.3. The van der Waals surface area contributed by atoms with E-state index in [4.69, 9.17) is 28.1 Å². The molecule has 0 aromatic heterocycles. The minimum absolute atomic E-state index is 0.0541. The van der Waals surface area contributed by atoms with Crippen LogP contribution in [0.25, 0.3) is 5.76 Å². The van der Waals surface area contributed by atoms with Crippen LogP contribution in [0.3, 0.4) is 0 Å². The van der Waals surface area contributed by atoms with E-state index < -0.39 is 17.3 Å². The van der Waals surface area contributed by atoms with Crippen LogP contribution in [-0.2, 0) is 9.53 Å². The van der Waals surface area contributed by atoms with Gasteiger partial charge in [-0.25, -0.2) is 13.2 Å². The fourth-order valence-electron chi connectivity index (χ4n) is 1.41. The predicted octanol–water partition coefficient (Wildman–Crippen LogP) is 2.84. The summed E-state index contributed by atoms with van der Waals surface area (Å²) in [5.41, 5.74) is -1.13. The molecule has 0 amide bonds. The molecule has 1 aliphatic heterocycles. The largest absolute Gasteiger partial charge is 0.452 e. The lowest BCUT2D eigenvalue weighted by atomic mass is 10.1. The van der Waals surface area contributed by atoms with Gasteiger partial charge in [0.05, 0.1) is 0 Å². The minimum atomic E-state index is -1.10. The highest BCUT2D eigenvalue weighted by molar-refractivity contribution is 6.27. The van der Waals surface area contributed by atoms with Crippen molar-refractivity contribution in [1.82, 2.24) is 4.42 Å². The number of rotatable bonds is 2. The average Bonchev–Trinajstić information content (AvgIpc) is 2.54. The molecule has 0 spiro atoms. The van der Waals surface area contributed by atoms with E-state index in [1.807, 2.05) is 0 Å². The lowest BCUT2D eigenvalue weighted by molar-refractivity contribution is -0.105. The van der Waals surface area contributed by atoms with E-state index in [0.29, 0.717) is 12.4 Å². The third-order valence-electron chi connectivity index (χ3n) is 2.09. The van der Waals surface area contributed by atoms with E-state index in [2.05, 4.69) is 0 Å². The number of carbonyl (C=O) groups excluding carboxylic acids is 1. The first-order valence-corrected chi connectivity index (χ1v) is 5.22. The molecule has 0 N–H and O–H groups in total. The van der Waals surface area contributed by atoms with Crippen LogP contribution in [0, 0.1) is 11.6 Å². The summed E-state index contributed by atoms with van der Waals surface area (Å²) in [6.45, 7) is 0. The van der Waals surface area contributed by atoms with E-state index in [-0.39, 0.29) is 17.0 Å². The van der Waals surface area contributed by atoms with Crippen molar-refractivity contribution >= 4 is 35.4 Å². The fraction of sp³-hybridized carbons (Fsp3) is 0.100. The summed E-state index contributed by atoms with van der Waals surface area (Å²) in [6, 6.07) is 2.74. The highest BCUT2D eigenvalue weighted by Gasteiger charge is 2.32. The molecule has 0 saturated carbocycles. The predicted molar refractivity (Wildman–Crippen MR) is 57.8 cm³/mol. The fourth-order valence-corrected chi connectivity index (χ4v) is 1.77. The number of aldehydes is 1. The second-order valence-corrected chi connectivity index (χ2v) is 3.95. The van der Waals surface area contributed by atoms with Gasteiger partial charge in [-0.05, 0) is 12.1 Å². The van der Waals surface area contributed by atoms with Crippen LogP contribution in [-0.4, -0.2) is 16.4 Å². The molecule has 1 aromatic rings. The van der Waals surface area contributed by atoms with Crippen LogP contribution in [0.5, 0.6) is 0 Å². The molecular formula is C10H5Cl2F2NO2. The highest BCUT2D eigenvalue weighted by Crippen LogP contribution is 2.35. The molecule has 1 aromatic carbocycles. The summed E-state index contributed by atoms with van der Waals surface area (Å²) in [5.74, 6) is -1.64. The monoisotopic (exact) mass is 279 g/mol. The summed E-state index contributed by atoms with van der Waals surface area (Å²) in [6.07, 6.45) is 0.396. The van der Waals surface area contributed by atoms with E-state index >= 15 is 0 Å². The van der Waals surface area contributed by atoms with Gasteiger partial charge in [-0.3, -0.25) is 4.79 Å². The summed E-state index contributed by atoms with van der Waals surface area (Å²) in [4.78, 5) is 10.8. The SMILES string of the molecule is O=CC1=C(c2cc(F)cc(F)c2)OC(Cl)N1Cl. The van der Waals surface area contributed by atoms with Gasteiger partial charge in [0, 0.05) is 23.4 Å². The van der Waals surface area contributed by atoms with Crippen LogP contribution >= 0.6 is 23.4 Å². The Hall–Kier alpha value is -1.33. The number of alkyl halides is 1. The van der Waals surface area contributed by atoms with Crippen LogP contribution in [0.15, 0.2) is 23.9 Å². The molecule has 0 radical (unpaired) electrons. The first kappa shape index (κ1) is 12.1. The molecule has 1 atom stereocenters. The zero-order valence-corrected chi connectivity index (χ0v) is 9.67. The number of carbonyl (C=O) groups is 1. The van der Waals surface area contributed by atoms with Gasteiger partial charge < -0.3 is 4.74 Å². The Labute approximate surface area is 105 Å². The number of ether oxygens (including phenoxy) is 1. The molecule has 1 aliphatic rings. The third kappa shape index (κ3) is 2.21. The van der Waals surface area contributed by atoms with Gasteiger partial charge in [0.2, 0.25) is 0 Å². The minimum Gasteiger partial charge on any atom is -0.452 e. The maximum atomic E-state index is 13.0. The zero-order valence-electron chi connectivity index (χ0n) is 8.16. The maximum Gasteiger partial charge on any atom is 0.264 e. The van der Waals surface area contributed by atoms with Crippen LogP contribution in [0.1, 0.15) is 5.56 Å². The smallest absolute Gasteiger partial charge is 0.264 e. The second-order valence-electron chi connectivity index (χ2n) is 3.21. The molecule has 17 heavy (non-hydrogen) atoms. The van der Waals surface area contributed by atoms with Crippen molar-refractivity contribution in [1.29, 1.82) is 0 Å². The summed E-state index contributed by atoms with van der Waals surface area (Å²) in [5, 5.41) is 0. The first-order valence-electron chi connectivity index (χ1n) is 4.44. The Morgan fingerprint density at radius 1 is 1.29 bits per heavy atom. The van der Waals surface area contributed by atoms with Crippen molar-refractivity contribution < 1.29 is 18.3 Å². The Morgan fingerprint density at radius 2 is 1.88 bits per heavy atom. The molecule has 3 nitrogen and oxygen atoms in total. The van der Waals surface area contributed by atoms with Crippen molar-refractivity contribution in [3.8, 4) is 0 Å². The lowest BCUT2D eigenvalue weighted by Gasteiger charge is -2.09. The number of benzene rings is 1. The van der Waals surface area contributed by atoms with Crippen molar-refractivity contribution in [2.75, 3.05) is 0 Å². The number of nitrogens with zero attached hydrogens (tertiary/aromatic N) is 1. The van der Waals surface area contributed by atoms with Gasteiger partial charge in [0.15, 0.2) is 12.0 Å². The van der Waals surface area contributed by atoms with E-state index in [1.165, 1.54) is 0 Å². The molecule has 90 valence electrons. The molecule has 7 heteroatoms. The zero-order chi connectivity index (χ0) is 12.6. The Kier molecular flexibility index (Phi) is 3.22. The van der Waals surface area contributed by atoms with Crippen LogP contribution < -0.4 is 0 Å². The third-order valence-corrected chi connectivity index (χ3v) is 2.84. The summed E-state index contributed by atoms with van der Waals surface area (Å²) in [7, 11) is 0. The van der Waals surface area contributed by atoms with Crippen molar-refractivity contribution in [2.45, 2.75) is 5.69 Å². The topological polar surface area (TPSA) is 29.5 Å². The van der Waals surface area contributed by atoms with Gasteiger partial charge in [-0.15, -0.1) is 0 Å². The normalized spacial score (nSPS) is 19.5. The number of halogens is 4. The first-order chi connectivity index (χ1) is 8.02. The second kappa shape index (κ2) is 4.50. The molecule has 0 saturated heterocycles.